The predicted octanol–water partition coefficient (Wildman–Crippen LogP) is 1.44. The molecular formula is C9H12ClNO3. The molecule has 0 aliphatic rings. The Morgan fingerprint density at radius 2 is 2.29 bits per heavy atom. The summed E-state index contributed by atoms with van der Waals surface area (Å²) in [6, 6.07) is 3.04. The second-order valence-corrected chi connectivity index (χ2v) is 3.16. The molecule has 5 heteroatoms. The van der Waals surface area contributed by atoms with Gasteiger partial charge >= 0.3 is 0 Å². The van der Waals surface area contributed by atoms with E-state index in [1.807, 2.05) is 0 Å². The predicted molar refractivity (Wildman–Crippen MR) is 52.4 cm³/mol. The molecule has 0 radical (unpaired) electrons. The molecule has 0 saturated heterocycles. The van der Waals surface area contributed by atoms with Crippen LogP contribution in [0.1, 0.15) is 23.4 Å². The molecule has 0 bridgehead atoms. The monoisotopic (exact) mass is 217 g/mol. The van der Waals surface area contributed by atoms with E-state index < -0.39 is 0 Å². The van der Waals surface area contributed by atoms with Gasteiger partial charge in [0.25, 0.3) is 5.91 Å². The molecule has 0 spiro atoms. The maximum Gasteiger partial charge on any atom is 0.287 e. The summed E-state index contributed by atoms with van der Waals surface area (Å²) in [6.07, 6.45) is 1.43. The first-order valence-electron chi connectivity index (χ1n) is 4.38. The molecule has 78 valence electrons. The first kappa shape index (κ1) is 11.1. The van der Waals surface area contributed by atoms with E-state index in [9.17, 15) is 4.79 Å². The Kier molecular flexibility index (Phi) is 4.49. The molecule has 0 aliphatic carbocycles. The maximum absolute atomic E-state index is 11.3. The molecule has 2 N–H and O–H groups in total. The fraction of sp³-hybridized carbons (Fsp3) is 0.444. The summed E-state index contributed by atoms with van der Waals surface area (Å²) in [5.74, 6) is -0.0751. The highest BCUT2D eigenvalue weighted by molar-refractivity contribution is 6.29. The Bertz CT molecular complexity index is 298. The Hall–Kier alpha value is -1.00. The number of aliphatic hydroxyl groups excluding tert-OH is 1. The van der Waals surface area contributed by atoms with Gasteiger partial charge in [-0.25, -0.2) is 0 Å². The highest BCUT2D eigenvalue weighted by Gasteiger charge is 2.08. The summed E-state index contributed by atoms with van der Waals surface area (Å²) >= 11 is 5.51. The van der Waals surface area contributed by atoms with Crippen LogP contribution in [0.3, 0.4) is 0 Å². The summed E-state index contributed by atoms with van der Waals surface area (Å²) in [5.41, 5.74) is 0. The van der Waals surface area contributed by atoms with Crippen molar-refractivity contribution in [3.05, 3.63) is 23.1 Å². The Balaban J connectivity index is 2.29. The summed E-state index contributed by atoms with van der Waals surface area (Å²) in [7, 11) is 0. The minimum absolute atomic E-state index is 0.141. The van der Waals surface area contributed by atoms with Crippen molar-refractivity contribution >= 4 is 17.5 Å². The van der Waals surface area contributed by atoms with Crippen molar-refractivity contribution < 1.29 is 14.3 Å². The van der Waals surface area contributed by atoms with Gasteiger partial charge in [0, 0.05) is 13.2 Å². The van der Waals surface area contributed by atoms with E-state index >= 15 is 0 Å². The molecule has 1 aromatic heterocycles. The smallest absolute Gasteiger partial charge is 0.287 e. The van der Waals surface area contributed by atoms with Crippen LogP contribution in [0.4, 0.5) is 0 Å². The van der Waals surface area contributed by atoms with Gasteiger partial charge in [-0.1, -0.05) is 0 Å². The van der Waals surface area contributed by atoms with Crippen molar-refractivity contribution in [2.75, 3.05) is 13.2 Å². The zero-order valence-electron chi connectivity index (χ0n) is 7.62. The number of aliphatic hydroxyl groups is 1. The van der Waals surface area contributed by atoms with E-state index in [-0.39, 0.29) is 23.5 Å². The maximum atomic E-state index is 11.3. The van der Waals surface area contributed by atoms with Crippen molar-refractivity contribution in [3.8, 4) is 0 Å². The van der Waals surface area contributed by atoms with Gasteiger partial charge in [-0.2, -0.15) is 0 Å². The molecule has 4 nitrogen and oxygen atoms in total. The molecule has 0 fully saturated rings. The van der Waals surface area contributed by atoms with Crippen molar-refractivity contribution in [1.82, 2.24) is 5.32 Å². The second-order valence-electron chi connectivity index (χ2n) is 2.79. The third-order valence-electron chi connectivity index (χ3n) is 1.67. The van der Waals surface area contributed by atoms with E-state index in [0.29, 0.717) is 13.0 Å². The second kappa shape index (κ2) is 5.67. The van der Waals surface area contributed by atoms with Crippen LogP contribution in [0.5, 0.6) is 0 Å². The Morgan fingerprint density at radius 3 is 2.86 bits per heavy atom. The van der Waals surface area contributed by atoms with Gasteiger partial charge in [0.1, 0.15) is 0 Å². The average molecular weight is 218 g/mol. The van der Waals surface area contributed by atoms with Crippen LogP contribution < -0.4 is 5.32 Å². The van der Waals surface area contributed by atoms with Crippen LogP contribution in [0.2, 0.25) is 5.22 Å². The van der Waals surface area contributed by atoms with Gasteiger partial charge in [0.15, 0.2) is 11.0 Å². The molecule has 0 atom stereocenters. The summed E-state index contributed by atoms with van der Waals surface area (Å²) in [6.45, 7) is 0.667. The van der Waals surface area contributed by atoms with Crippen LogP contribution in [0.15, 0.2) is 16.5 Å². The third-order valence-corrected chi connectivity index (χ3v) is 1.87. The zero-order chi connectivity index (χ0) is 10.4. The van der Waals surface area contributed by atoms with Gasteiger partial charge < -0.3 is 14.8 Å². The first-order chi connectivity index (χ1) is 6.74. The molecule has 0 unspecified atom stereocenters. The van der Waals surface area contributed by atoms with E-state index in [0.717, 1.165) is 6.42 Å². The summed E-state index contributed by atoms with van der Waals surface area (Å²) in [4.78, 5) is 11.3. The van der Waals surface area contributed by atoms with Crippen LogP contribution in [-0.4, -0.2) is 24.2 Å². The van der Waals surface area contributed by atoms with Crippen molar-refractivity contribution in [1.29, 1.82) is 0 Å². The number of rotatable bonds is 5. The van der Waals surface area contributed by atoms with Gasteiger partial charge in [0.2, 0.25) is 0 Å². The Labute approximate surface area is 86.9 Å². The third kappa shape index (κ3) is 3.40. The first-order valence-corrected chi connectivity index (χ1v) is 4.76. The lowest BCUT2D eigenvalue weighted by molar-refractivity contribution is 0.0924. The number of carbonyl (C=O) groups is 1. The largest absolute Gasteiger partial charge is 0.440 e. The lowest BCUT2D eigenvalue weighted by atomic mass is 10.3. The summed E-state index contributed by atoms with van der Waals surface area (Å²) < 4.78 is 4.91. The van der Waals surface area contributed by atoms with E-state index in [1.54, 1.807) is 0 Å². The molecule has 1 rings (SSSR count). The summed E-state index contributed by atoms with van der Waals surface area (Å²) in [5, 5.41) is 11.3. The molecule has 1 aromatic rings. The van der Waals surface area contributed by atoms with E-state index in [1.165, 1.54) is 12.1 Å². The molecule has 0 aromatic carbocycles. The number of carbonyl (C=O) groups excluding carboxylic acids is 1. The van der Waals surface area contributed by atoms with Crippen LogP contribution in [0.25, 0.3) is 0 Å². The van der Waals surface area contributed by atoms with Gasteiger partial charge in [0.05, 0.1) is 0 Å². The number of halogens is 1. The number of hydrogen-bond acceptors (Lipinski definition) is 3. The van der Waals surface area contributed by atoms with E-state index in [4.69, 9.17) is 21.1 Å². The SMILES string of the molecule is O=C(NCCCCO)c1ccc(Cl)o1. The molecule has 1 heterocycles. The molecule has 0 aliphatic heterocycles. The standard InChI is InChI=1S/C9H12ClNO3/c10-8-4-3-7(14-8)9(13)11-5-1-2-6-12/h3-4,12H,1-2,5-6H2,(H,11,13). The number of nitrogens with one attached hydrogen (secondary N) is 1. The fourth-order valence-electron chi connectivity index (χ4n) is 0.962. The molecular weight excluding hydrogens is 206 g/mol. The lowest BCUT2D eigenvalue weighted by Crippen LogP contribution is -2.24. The number of unbranched alkanes of at least 4 members (excludes halogenated alkanes) is 1. The van der Waals surface area contributed by atoms with E-state index in [2.05, 4.69) is 5.32 Å². The van der Waals surface area contributed by atoms with Crippen LogP contribution >= 0.6 is 11.6 Å². The van der Waals surface area contributed by atoms with Gasteiger partial charge in [-0.3, -0.25) is 4.79 Å². The lowest BCUT2D eigenvalue weighted by Gasteiger charge is -2.00. The minimum atomic E-state index is -0.283. The molecule has 0 saturated carbocycles. The van der Waals surface area contributed by atoms with Gasteiger partial charge in [-0.15, -0.1) is 0 Å². The van der Waals surface area contributed by atoms with Crippen LogP contribution in [0, 0.1) is 0 Å². The molecule has 1 amide bonds. The van der Waals surface area contributed by atoms with Crippen LogP contribution in [-0.2, 0) is 0 Å². The van der Waals surface area contributed by atoms with Gasteiger partial charge in [-0.05, 0) is 36.6 Å². The average Bonchev–Trinajstić information content (AvgIpc) is 2.59. The highest BCUT2D eigenvalue weighted by atomic mass is 35.5. The minimum Gasteiger partial charge on any atom is -0.440 e. The molecule has 14 heavy (non-hydrogen) atoms. The number of furan rings is 1. The topological polar surface area (TPSA) is 62.5 Å². The number of hydrogen-bond donors (Lipinski definition) is 2. The number of amides is 1. The normalized spacial score (nSPS) is 10.1. The van der Waals surface area contributed by atoms with Crippen molar-refractivity contribution in [2.24, 2.45) is 0 Å². The quantitative estimate of drug-likeness (QED) is 0.734. The fourth-order valence-corrected chi connectivity index (χ4v) is 1.11. The highest BCUT2D eigenvalue weighted by Crippen LogP contribution is 2.12. The Morgan fingerprint density at radius 1 is 1.50 bits per heavy atom. The van der Waals surface area contributed by atoms with Crippen molar-refractivity contribution in [2.45, 2.75) is 12.8 Å². The van der Waals surface area contributed by atoms with Crippen molar-refractivity contribution in [3.63, 3.8) is 0 Å². The zero-order valence-corrected chi connectivity index (χ0v) is 8.38.